The molecule has 0 amide bonds. The van der Waals surface area contributed by atoms with E-state index in [1.54, 1.807) is 6.21 Å². The summed E-state index contributed by atoms with van der Waals surface area (Å²) in [5, 5.41) is 8.13. The lowest BCUT2D eigenvalue weighted by Gasteiger charge is -2.23. The molecular weight excluding hydrogens is 306 g/mol. The van der Waals surface area contributed by atoms with Crippen molar-refractivity contribution < 1.29 is 4.74 Å². The maximum Gasteiger partial charge on any atom is 0.187 e. The minimum Gasteiger partial charge on any atom is -0.494 e. The molecule has 0 atom stereocenters. The number of rotatable bonds is 7. The summed E-state index contributed by atoms with van der Waals surface area (Å²) >= 11 is 5.27. The molecule has 1 aliphatic carbocycles. The SMILES string of the molecule is CCCCOc1ccc(C=NNC(=S)NC2CCCCC2)cc1. The van der Waals surface area contributed by atoms with Crippen molar-refractivity contribution in [3.63, 3.8) is 0 Å². The zero-order valence-corrected chi connectivity index (χ0v) is 14.7. The average molecular weight is 334 g/mol. The van der Waals surface area contributed by atoms with Crippen molar-refractivity contribution in [2.45, 2.75) is 57.9 Å². The number of hydrogen-bond donors (Lipinski definition) is 2. The van der Waals surface area contributed by atoms with Gasteiger partial charge in [-0.2, -0.15) is 5.10 Å². The molecule has 0 saturated heterocycles. The average Bonchev–Trinajstić information content (AvgIpc) is 2.57. The second-order valence-electron chi connectivity index (χ2n) is 5.95. The molecule has 0 bridgehead atoms. The van der Waals surface area contributed by atoms with E-state index in [4.69, 9.17) is 17.0 Å². The van der Waals surface area contributed by atoms with E-state index >= 15 is 0 Å². The predicted octanol–water partition coefficient (Wildman–Crippen LogP) is 4.00. The van der Waals surface area contributed by atoms with Crippen LogP contribution in [-0.4, -0.2) is 24.0 Å². The zero-order valence-electron chi connectivity index (χ0n) is 13.9. The monoisotopic (exact) mass is 333 g/mol. The van der Waals surface area contributed by atoms with Crippen molar-refractivity contribution >= 4 is 23.5 Å². The van der Waals surface area contributed by atoms with Gasteiger partial charge in [-0.3, -0.25) is 5.43 Å². The van der Waals surface area contributed by atoms with Crippen LogP contribution in [-0.2, 0) is 0 Å². The van der Waals surface area contributed by atoms with Crippen LogP contribution in [0, 0.1) is 0 Å². The highest BCUT2D eigenvalue weighted by molar-refractivity contribution is 7.80. The van der Waals surface area contributed by atoms with Gasteiger partial charge in [0.05, 0.1) is 12.8 Å². The number of ether oxygens (including phenoxy) is 1. The van der Waals surface area contributed by atoms with Gasteiger partial charge in [0.1, 0.15) is 5.75 Å². The normalized spacial score (nSPS) is 15.5. The van der Waals surface area contributed by atoms with Gasteiger partial charge in [0.25, 0.3) is 0 Å². The first-order chi connectivity index (χ1) is 11.3. The molecule has 0 spiro atoms. The number of hydrazone groups is 1. The number of hydrogen-bond acceptors (Lipinski definition) is 3. The van der Waals surface area contributed by atoms with Crippen LogP contribution < -0.4 is 15.5 Å². The topological polar surface area (TPSA) is 45.6 Å². The largest absolute Gasteiger partial charge is 0.494 e. The predicted molar refractivity (Wildman–Crippen MR) is 100 cm³/mol. The van der Waals surface area contributed by atoms with Gasteiger partial charge < -0.3 is 10.1 Å². The van der Waals surface area contributed by atoms with Gasteiger partial charge in [-0.05, 0) is 61.3 Å². The Morgan fingerprint density at radius 3 is 2.70 bits per heavy atom. The number of unbranched alkanes of at least 4 members (excludes halogenated alkanes) is 1. The van der Waals surface area contributed by atoms with Crippen LogP contribution in [0.25, 0.3) is 0 Å². The molecule has 0 unspecified atom stereocenters. The molecule has 4 nitrogen and oxygen atoms in total. The summed E-state index contributed by atoms with van der Waals surface area (Å²) in [6.07, 6.45) is 10.3. The molecular formula is C18H27N3OS. The maximum atomic E-state index is 5.64. The minimum absolute atomic E-state index is 0.499. The third kappa shape index (κ3) is 6.99. The van der Waals surface area contributed by atoms with Crippen LogP contribution in [0.2, 0.25) is 0 Å². The van der Waals surface area contributed by atoms with Gasteiger partial charge >= 0.3 is 0 Å². The molecule has 126 valence electrons. The van der Waals surface area contributed by atoms with Gasteiger partial charge in [0, 0.05) is 6.04 Å². The molecule has 1 fully saturated rings. The Kier molecular flexibility index (Phi) is 7.87. The lowest BCUT2D eigenvalue weighted by molar-refractivity contribution is 0.309. The van der Waals surface area contributed by atoms with E-state index in [2.05, 4.69) is 22.8 Å². The van der Waals surface area contributed by atoms with Crippen LogP contribution in [0.1, 0.15) is 57.4 Å². The van der Waals surface area contributed by atoms with Crippen molar-refractivity contribution in [3.05, 3.63) is 29.8 Å². The smallest absolute Gasteiger partial charge is 0.187 e. The third-order valence-electron chi connectivity index (χ3n) is 3.97. The summed E-state index contributed by atoms with van der Waals surface area (Å²) in [5.41, 5.74) is 3.91. The molecule has 2 rings (SSSR count). The zero-order chi connectivity index (χ0) is 16.3. The summed E-state index contributed by atoms with van der Waals surface area (Å²) in [5.74, 6) is 0.901. The summed E-state index contributed by atoms with van der Waals surface area (Å²) in [6.45, 7) is 2.93. The molecule has 0 heterocycles. The Morgan fingerprint density at radius 1 is 1.26 bits per heavy atom. The van der Waals surface area contributed by atoms with Crippen LogP contribution >= 0.6 is 12.2 Å². The first kappa shape index (κ1) is 17.7. The minimum atomic E-state index is 0.499. The molecule has 0 aromatic heterocycles. The van der Waals surface area contributed by atoms with Gasteiger partial charge in [-0.1, -0.05) is 32.6 Å². The molecule has 23 heavy (non-hydrogen) atoms. The van der Waals surface area contributed by atoms with E-state index < -0.39 is 0 Å². The van der Waals surface area contributed by atoms with Gasteiger partial charge in [-0.15, -0.1) is 0 Å². The van der Waals surface area contributed by atoms with Crippen molar-refractivity contribution in [1.82, 2.24) is 10.7 Å². The quantitative estimate of drug-likeness (QED) is 0.343. The van der Waals surface area contributed by atoms with E-state index in [1.165, 1.54) is 32.1 Å². The highest BCUT2D eigenvalue weighted by atomic mass is 32.1. The molecule has 1 saturated carbocycles. The number of nitrogens with zero attached hydrogens (tertiary/aromatic N) is 1. The van der Waals surface area contributed by atoms with Crippen LogP contribution in [0.5, 0.6) is 5.75 Å². The highest BCUT2D eigenvalue weighted by Gasteiger charge is 2.13. The molecule has 1 aromatic rings. The summed E-state index contributed by atoms with van der Waals surface area (Å²) < 4.78 is 5.64. The molecule has 1 aromatic carbocycles. The fourth-order valence-corrected chi connectivity index (χ4v) is 2.83. The Morgan fingerprint density at radius 2 is 2.00 bits per heavy atom. The molecule has 0 aliphatic heterocycles. The standard InChI is InChI=1S/C18H27N3OS/c1-2-3-13-22-17-11-9-15(10-12-17)14-19-21-18(23)20-16-7-5-4-6-8-16/h9-12,14,16H,2-8,13H2,1H3,(H2,20,21,23). The second-order valence-corrected chi connectivity index (χ2v) is 6.36. The van der Waals surface area contributed by atoms with E-state index in [9.17, 15) is 0 Å². The van der Waals surface area contributed by atoms with E-state index in [-0.39, 0.29) is 0 Å². The summed E-state index contributed by atoms with van der Waals surface area (Å²) in [4.78, 5) is 0. The Hall–Kier alpha value is -1.62. The Bertz CT molecular complexity index is 495. The van der Waals surface area contributed by atoms with Crippen LogP contribution in [0.15, 0.2) is 29.4 Å². The number of nitrogens with one attached hydrogen (secondary N) is 2. The first-order valence-corrected chi connectivity index (χ1v) is 9.01. The van der Waals surface area contributed by atoms with Crippen molar-refractivity contribution in [1.29, 1.82) is 0 Å². The molecule has 0 radical (unpaired) electrons. The molecule has 5 heteroatoms. The molecule has 2 N–H and O–H groups in total. The van der Waals surface area contributed by atoms with Gasteiger partial charge in [-0.25, -0.2) is 0 Å². The van der Waals surface area contributed by atoms with Crippen LogP contribution in [0.4, 0.5) is 0 Å². The lowest BCUT2D eigenvalue weighted by atomic mass is 9.96. The first-order valence-electron chi connectivity index (χ1n) is 8.60. The van der Waals surface area contributed by atoms with E-state index in [0.717, 1.165) is 30.8 Å². The maximum absolute atomic E-state index is 5.64. The Labute approximate surface area is 144 Å². The number of thiocarbonyl (C=S) groups is 1. The number of benzene rings is 1. The van der Waals surface area contributed by atoms with E-state index in [1.807, 2.05) is 24.3 Å². The summed E-state index contributed by atoms with van der Waals surface area (Å²) in [6, 6.07) is 8.41. The summed E-state index contributed by atoms with van der Waals surface area (Å²) in [7, 11) is 0. The third-order valence-corrected chi connectivity index (χ3v) is 4.18. The lowest BCUT2D eigenvalue weighted by Crippen LogP contribution is -2.40. The molecule has 1 aliphatic rings. The van der Waals surface area contributed by atoms with Crippen molar-refractivity contribution in [2.24, 2.45) is 5.10 Å². The highest BCUT2D eigenvalue weighted by Crippen LogP contribution is 2.17. The Balaban J connectivity index is 1.70. The van der Waals surface area contributed by atoms with Crippen molar-refractivity contribution in [3.8, 4) is 5.75 Å². The fourth-order valence-electron chi connectivity index (χ4n) is 2.61. The van der Waals surface area contributed by atoms with E-state index in [0.29, 0.717) is 11.2 Å². The van der Waals surface area contributed by atoms with Gasteiger partial charge in [0.15, 0.2) is 5.11 Å². The van der Waals surface area contributed by atoms with Crippen molar-refractivity contribution in [2.75, 3.05) is 6.61 Å². The van der Waals surface area contributed by atoms with Gasteiger partial charge in [0.2, 0.25) is 0 Å². The second kappa shape index (κ2) is 10.2. The fraction of sp³-hybridized carbons (Fsp3) is 0.556. The van der Waals surface area contributed by atoms with Crippen LogP contribution in [0.3, 0.4) is 0 Å².